The second-order valence-corrected chi connectivity index (χ2v) is 6.83. The monoisotopic (exact) mass is 312 g/mol. The lowest BCUT2D eigenvalue weighted by Gasteiger charge is -2.35. The molecule has 2 aromatic rings. The molecule has 0 amide bonds. The van der Waals surface area contributed by atoms with Crippen molar-refractivity contribution in [2.75, 3.05) is 33.2 Å². The molecular weight excluding hydrogens is 288 g/mol. The molecule has 0 bridgehead atoms. The van der Waals surface area contributed by atoms with Gasteiger partial charge in [-0.25, -0.2) is 0 Å². The van der Waals surface area contributed by atoms with E-state index in [0.717, 1.165) is 37.0 Å². The molecule has 0 N–H and O–H groups in total. The Morgan fingerprint density at radius 1 is 1.00 bits per heavy atom. The Balaban J connectivity index is 1.41. The molecule has 2 fully saturated rings. The van der Waals surface area contributed by atoms with Crippen molar-refractivity contribution < 1.29 is 4.42 Å². The van der Waals surface area contributed by atoms with Gasteiger partial charge in [0.2, 0.25) is 11.8 Å². The van der Waals surface area contributed by atoms with E-state index in [1.54, 1.807) is 0 Å². The van der Waals surface area contributed by atoms with Crippen LogP contribution in [0.15, 0.2) is 34.7 Å². The normalized spacial score (nSPS) is 24.3. The summed E-state index contributed by atoms with van der Waals surface area (Å²) < 4.78 is 5.95. The van der Waals surface area contributed by atoms with Crippen molar-refractivity contribution in [3.8, 4) is 11.5 Å². The van der Waals surface area contributed by atoms with E-state index in [9.17, 15) is 0 Å². The lowest BCUT2D eigenvalue weighted by atomic mass is 10.0. The first kappa shape index (κ1) is 14.8. The third-order valence-electron chi connectivity index (χ3n) is 5.23. The van der Waals surface area contributed by atoms with Crippen LogP contribution in [0.5, 0.6) is 0 Å². The molecule has 2 saturated heterocycles. The Kier molecular flexibility index (Phi) is 4.14. The Bertz CT molecular complexity index is 633. The number of nitrogens with zero attached hydrogens (tertiary/aromatic N) is 4. The topological polar surface area (TPSA) is 45.4 Å². The van der Waals surface area contributed by atoms with E-state index in [-0.39, 0.29) is 0 Å². The zero-order valence-electron chi connectivity index (χ0n) is 13.7. The highest BCUT2D eigenvalue weighted by Crippen LogP contribution is 2.31. The van der Waals surface area contributed by atoms with Gasteiger partial charge < -0.3 is 9.32 Å². The molecule has 0 saturated carbocycles. The minimum atomic E-state index is 0.389. The summed E-state index contributed by atoms with van der Waals surface area (Å²) in [6.07, 6.45) is 3.69. The molecule has 0 aliphatic carbocycles. The molecule has 1 aromatic carbocycles. The van der Waals surface area contributed by atoms with Crippen LogP contribution in [0.4, 0.5) is 0 Å². The summed E-state index contributed by atoms with van der Waals surface area (Å²) >= 11 is 0. The standard InChI is InChI=1S/C18H24N4O/c1-21-10-8-16(9-11-21)22-12-7-15(13-22)18-20-19-17(23-18)14-5-3-2-4-6-14/h2-6,15-16H,7-13H2,1H3. The Morgan fingerprint density at radius 3 is 2.57 bits per heavy atom. The fourth-order valence-electron chi connectivity index (χ4n) is 3.78. The van der Waals surface area contributed by atoms with Gasteiger partial charge in [0.05, 0.1) is 5.92 Å². The van der Waals surface area contributed by atoms with Crippen molar-refractivity contribution in [3.63, 3.8) is 0 Å². The highest BCUT2D eigenvalue weighted by Gasteiger charge is 2.33. The van der Waals surface area contributed by atoms with Crippen molar-refractivity contribution in [2.24, 2.45) is 0 Å². The molecule has 23 heavy (non-hydrogen) atoms. The number of likely N-dealkylation sites (tertiary alicyclic amines) is 2. The van der Waals surface area contributed by atoms with E-state index in [1.807, 2.05) is 30.3 Å². The fourth-order valence-corrected chi connectivity index (χ4v) is 3.78. The van der Waals surface area contributed by atoms with Crippen LogP contribution in [-0.4, -0.2) is 59.3 Å². The van der Waals surface area contributed by atoms with Crippen LogP contribution < -0.4 is 0 Å². The van der Waals surface area contributed by atoms with Gasteiger partial charge in [-0.1, -0.05) is 18.2 Å². The maximum absolute atomic E-state index is 5.95. The lowest BCUT2D eigenvalue weighted by Crippen LogP contribution is -2.42. The summed E-state index contributed by atoms with van der Waals surface area (Å²) in [6.45, 7) is 4.64. The van der Waals surface area contributed by atoms with Crippen molar-refractivity contribution >= 4 is 0 Å². The van der Waals surface area contributed by atoms with Crippen molar-refractivity contribution in [2.45, 2.75) is 31.2 Å². The summed E-state index contributed by atoms with van der Waals surface area (Å²) in [4.78, 5) is 5.05. The van der Waals surface area contributed by atoms with E-state index >= 15 is 0 Å². The van der Waals surface area contributed by atoms with Crippen LogP contribution in [0.1, 0.15) is 31.1 Å². The molecule has 1 aromatic heterocycles. The first-order chi connectivity index (χ1) is 11.3. The highest BCUT2D eigenvalue weighted by molar-refractivity contribution is 5.51. The van der Waals surface area contributed by atoms with Gasteiger partial charge >= 0.3 is 0 Å². The van der Waals surface area contributed by atoms with Gasteiger partial charge in [-0.15, -0.1) is 10.2 Å². The Morgan fingerprint density at radius 2 is 1.78 bits per heavy atom. The van der Waals surface area contributed by atoms with Crippen LogP contribution in [0.3, 0.4) is 0 Å². The lowest BCUT2D eigenvalue weighted by molar-refractivity contribution is 0.141. The summed E-state index contributed by atoms with van der Waals surface area (Å²) in [7, 11) is 2.21. The van der Waals surface area contributed by atoms with Gasteiger partial charge in [-0.05, 0) is 58.1 Å². The summed E-state index contributed by atoms with van der Waals surface area (Å²) in [6, 6.07) is 10.7. The quantitative estimate of drug-likeness (QED) is 0.872. The highest BCUT2D eigenvalue weighted by atomic mass is 16.4. The predicted molar refractivity (Wildman–Crippen MR) is 89.2 cm³/mol. The van der Waals surface area contributed by atoms with Crippen molar-refractivity contribution in [3.05, 3.63) is 36.2 Å². The Labute approximate surface area is 137 Å². The molecular formula is C18H24N4O. The van der Waals surface area contributed by atoms with Gasteiger partial charge in [-0.2, -0.15) is 0 Å². The molecule has 122 valence electrons. The zero-order valence-corrected chi connectivity index (χ0v) is 13.7. The van der Waals surface area contributed by atoms with E-state index in [0.29, 0.717) is 11.8 Å². The minimum Gasteiger partial charge on any atom is -0.420 e. The van der Waals surface area contributed by atoms with Gasteiger partial charge in [0, 0.05) is 18.2 Å². The smallest absolute Gasteiger partial charge is 0.247 e. The number of aromatic nitrogens is 2. The van der Waals surface area contributed by atoms with Gasteiger partial charge in [0.25, 0.3) is 0 Å². The molecule has 5 heteroatoms. The molecule has 4 rings (SSSR count). The largest absolute Gasteiger partial charge is 0.420 e. The fraction of sp³-hybridized carbons (Fsp3) is 0.556. The van der Waals surface area contributed by atoms with Crippen LogP contribution in [0.2, 0.25) is 0 Å². The van der Waals surface area contributed by atoms with Crippen LogP contribution >= 0.6 is 0 Å². The minimum absolute atomic E-state index is 0.389. The summed E-state index contributed by atoms with van der Waals surface area (Å²) in [5.74, 6) is 1.83. The van der Waals surface area contributed by atoms with Gasteiger partial charge in [-0.3, -0.25) is 4.90 Å². The first-order valence-corrected chi connectivity index (χ1v) is 8.61. The third-order valence-corrected chi connectivity index (χ3v) is 5.23. The van der Waals surface area contributed by atoms with Crippen LogP contribution in [-0.2, 0) is 0 Å². The molecule has 0 spiro atoms. The molecule has 2 aliphatic heterocycles. The maximum Gasteiger partial charge on any atom is 0.247 e. The second-order valence-electron chi connectivity index (χ2n) is 6.83. The van der Waals surface area contributed by atoms with E-state index in [2.05, 4.69) is 27.0 Å². The van der Waals surface area contributed by atoms with E-state index < -0.39 is 0 Å². The molecule has 3 heterocycles. The number of rotatable bonds is 3. The second kappa shape index (κ2) is 6.42. The number of hydrogen-bond donors (Lipinski definition) is 0. The molecule has 1 unspecified atom stereocenters. The first-order valence-electron chi connectivity index (χ1n) is 8.61. The summed E-state index contributed by atoms with van der Waals surface area (Å²) in [5, 5.41) is 8.55. The average molecular weight is 312 g/mol. The third kappa shape index (κ3) is 3.16. The summed E-state index contributed by atoms with van der Waals surface area (Å²) in [5.41, 5.74) is 0.997. The number of benzene rings is 1. The van der Waals surface area contributed by atoms with E-state index in [4.69, 9.17) is 4.42 Å². The molecule has 0 radical (unpaired) electrons. The molecule has 1 atom stereocenters. The number of hydrogen-bond acceptors (Lipinski definition) is 5. The van der Waals surface area contributed by atoms with Crippen molar-refractivity contribution in [1.29, 1.82) is 0 Å². The molecule has 2 aliphatic rings. The zero-order chi connectivity index (χ0) is 15.6. The molecule has 5 nitrogen and oxygen atoms in total. The Hall–Kier alpha value is -1.72. The van der Waals surface area contributed by atoms with Gasteiger partial charge in [0.1, 0.15) is 0 Å². The van der Waals surface area contributed by atoms with Gasteiger partial charge in [0.15, 0.2) is 0 Å². The average Bonchev–Trinajstić information content (AvgIpc) is 3.26. The van der Waals surface area contributed by atoms with E-state index in [1.165, 1.54) is 25.9 Å². The SMILES string of the molecule is CN1CCC(N2CCC(c3nnc(-c4ccccc4)o3)C2)CC1. The van der Waals surface area contributed by atoms with Crippen molar-refractivity contribution in [1.82, 2.24) is 20.0 Å². The van der Waals surface area contributed by atoms with Crippen LogP contribution in [0, 0.1) is 0 Å². The maximum atomic E-state index is 5.95. The predicted octanol–water partition coefficient (Wildman–Crippen LogP) is 2.62. The van der Waals surface area contributed by atoms with Crippen LogP contribution in [0.25, 0.3) is 11.5 Å². The number of piperidine rings is 1.